The van der Waals surface area contributed by atoms with Crippen molar-refractivity contribution in [2.75, 3.05) is 32.6 Å². The Kier molecular flexibility index (Phi) is 2.74. The summed E-state index contributed by atoms with van der Waals surface area (Å²) in [4.78, 5) is 14.1. The first kappa shape index (κ1) is 7.60. The molecular weight excluding hydrogens is 127 g/mol. The zero-order valence-electron chi connectivity index (χ0n) is 5.99. The van der Waals surface area contributed by atoms with Gasteiger partial charge in [-0.15, -0.1) is 0 Å². The molecule has 1 rings (SSSR count). The van der Waals surface area contributed by atoms with Crippen LogP contribution in [0, 0.1) is 0 Å². The summed E-state index contributed by atoms with van der Waals surface area (Å²) in [5.41, 5.74) is 0. The summed E-state index contributed by atoms with van der Waals surface area (Å²) < 4.78 is 0. The molecule has 1 heterocycles. The third-order valence-electron chi connectivity index (χ3n) is 1.81. The molecule has 0 aliphatic carbocycles. The second-order valence-electron chi connectivity index (χ2n) is 2.44. The lowest BCUT2D eigenvalue weighted by molar-refractivity contribution is -0.119. The van der Waals surface area contributed by atoms with E-state index in [-0.39, 0.29) is 0 Å². The van der Waals surface area contributed by atoms with Crippen LogP contribution in [0.2, 0.25) is 0 Å². The van der Waals surface area contributed by atoms with Gasteiger partial charge in [-0.25, -0.2) is 0 Å². The minimum atomic E-state index is 0.604. The quantitative estimate of drug-likeness (QED) is 0.356. The second kappa shape index (κ2) is 3.61. The van der Waals surface area contributed by atoms with Crippen LogP contribution in [-0.4, -0.2) is 56.7 Å². The molecule has 1 aliphatic rings. The molecule has 1 saturated heterocycles. The van der Waals surface area contributed by atoms with Crippen LogP contribution in [0.5, 0.6) is 0 Å². The van der Waals surface area contributed by atoms with E-state index in [0.29, 0.717) is 6.44 Å². The molecule has 10 heavy (non-hydrogen) atoms. The lowest BCUT2D eigenvalue weighted by atomic mass is 10.1. The van der Waals surface area contributed by atoms with Crippen LogP contribution >= 0.6 is 0 Å². The van der Waals surface area contributed by atoms with Crippen molar-refractivity contribution in [3.8, 4) is 0 Å². The van der Waals surface area contributed by atoms with Crippen molar-refractivity contribution in [1.82, 2.24) is 9.80 Å². The highest BCUT2D eigenvalue weighted by atomic mass is 16.1. The first-order chi connectivity index (χ1) is 4.86. The van der Waals surface area contributed by atoms with Crippen molar-refractivity contribution in [2.24, 2.45) is 0 Å². The number of amides is 1. The van der Waals surface area contributed by atoms with Gasteiger partial charge in [-0.1, -0.05) is 0 Å². The van der Waals surface area contributed by atoms with Gasteiger partial charge in [-0.3, -0.25) is 4.79 Å². The van der Waals surface area contributed by atoms with Crippen molar-refractivity contribution in [2.45, 2.75) is 0 Å². The van der Waals surface area contributed by atoms with Crippen molar-refractivity contribution < 1.29 is 4.79 Å². The van der Waals surface area contributed by atoms with Crippen molar-refractivity contribution >= 4 is 14.3 Å². The minimum Gasteiger partial charge on any atom is -0.343 e. The maximum atomic E-state index is 10.2. The summed E-state index contributed by atoms with van der Waals surface area (Å²) >= 11 is 0. The smallest absolute Gasteiger partial charge is 0.209 e. The minimum absolute atomic E-state index is 0.604. The largest absolute Gasteiger partial charge is 0.343 e. The molecule has 1 aliphatic heterocycles. The zero-order chi connectivity index (χ0) is 7.40. The van der Waals surface area contributed by atoms with E-state index >= 15 is 0 Å². The number of hydrogen-bond donors (Lipinski definition) is 0. The molecule has 0 spiro atoms. The Labute approximate surface area is 62.4 Å². The van der Waals surface area contributed by atoms with E-state index in [1.807, 2.05) is 0 Å². The fourth-order valence-electron chi connectivity index (χ4n) is 1.05. The highest BCUT2D eigenvalue weighted by Crippen LogP contribution is 1.96. The Morgan fingerprint density at radius 2 is 1.90 bits per heavy atom. The molecule has 1 amide bonds. The van der Waals surface area contributed by atoms with Gasteiger partial charge >= 0.3 is 0 Å². The summed E-state index contributed by atoms with van der Waals surface area (Å²) in [6.45, 7) is 3.46. The molecule has 0 aromatic carbocycles. The van der Waals surface area contributed by atoms with E-state index in [1.54, 1.807) is 4.90 Å². The highest BCUT2D eigenvalue weighted by molar-refractivity contribution is 6.08. The average molecular weight is 138 g/mol. The predicted molar refractivity (Wildman–Crippen MR) is 39.8 cm³/mol. The van der Waals surface area contributed by atoms with Crippen LogP contribution in [-0.2, 0) is 4.79 Å². The van der Waals surface area contributed by atoms with Crippen LogP contribution in [0.1, 0.15) is 0 Å². The molecule has 2 radical (unpaired) electrons. The van der Waals surface area contributed by atoms with E-state index in [2.05, 4.69) is 4.90 Å². The number of piperazine rings is 1. The lowest BCUT2D eigenvalue weighted by Crippen LogP contribution is -2.45. The van der Waals surface area contributed by atoms with Gasteiger partial charge < -0.3 is 9.80 Å². The Hall–Kier alpha value is -0.505. The maximum absolute atomic E-state index is 10.2. The summed E-state index contributed by atoms with van der Waals surface area (Å²) in [7, 11) is 5.41. The van der Waals surface area contributed by atoms with E-state index in [0.717, 1.165) is 32.6 Å². The lowest BCUT2D eigenvalue weighted by Gasteiger charge is -2.31. The van der Waals surface area contributed by atoms with E-state index in [4.69, 9.17) is 7.85 Å². The van der Waals surface area contributed by atoms with Gasteiger partial charge in [-0.05, 0) is 6.44 Å². The summed E-state index contributed by atoms with van der Waals surface area (Å²) in [6, 6.07) is 0. The molecule has 0 unspecified atom stereocenters. The molecule has 0 saturated carbocycles. The Morgan fingerprint density at radius 3 is 2.30 bits per heavy atom. The first-order valence-corrected chi connectivity index (χ1v) is 3.48. The predicted octanol–water partition coefficient (Wildman–Crippen LogP) is -1.11. The summed E-state index contributed by atoms with van der Waals surface area (Å²) in [6.07, 6.45) is 1.50. The normalized spacial score (nSPS) is 21.0. The van der Waals surface area contributed by atoms with Gasteiger partial charge in [0.1, 0.15) is 0 Å². The average Bonchev–Trinajstić information content (AvgIpc) is 2.05. The van der Waals surface area contributed by atoms with Crippen LogP contribution in [0.15, 0.2) is 0 Å². The number of rotatable bonds is 2. The fraction of sp³-hybridized carbons (Fsp3) is 0.833. The Morgan fingerprint density at radius 1 is 1.30 bits per heavy atom. The van der Waals surface area contributed by atoms with Gasteiger partial charge in [0.25, 0.3) is 0 Å². The van der Waals surface area contributed by atoms with Crippen molar-refractivity contribution in [1.29, 1.82) is 0 Å². The van der Waals surface area contributed by atoms with Gasteiger partial charge in [0, 0.05) is 26.2 Å². The number of carbonyl (C=O) groups excluding carboxylic acids is 1. The molecule has 0 aromatic heterocycles. The van der Waals surface area contributed by atoms with Crippen LogP contribution in [0.3, 0.4) is 0 Å². The van der Waals surface area contributed by atoms with Crippen molar-refractivity contribution in [3.05, 3.63) is 0 Å². The molecule has 3 nitrogen and oxygen atoms in total. The molecule has 1 fully saturated rings. The summed E-state index contributed by atoms with van der Waals surface area (Å²) in [5.74, 6) is 0. The monoisotopic (exact) mass is 138 g/mol. The van der Waals surface area contributed by atoms with Crippen LogP contribution in [0.4, 0.5) is 0 Å². The van der Waals surface area contributed by atoms with E-state index in [1.165, 1.54) is 0 Å². The standard InChI is InChI=1S/C6H11BN2O/c7-5-8-1-3-9(6-10)4-2-8/h6H,1-5H2. The van der Waals surface area contributed by atoms with Crippen LogP contribution in [0.25, 0.3) is 0 Å². The van der Waals surface area contributed by atoms with Crippen molar-refractivity contribution in [3.63, 3.8) is 0 Å². The fourth-order valence-corrected chi connectivity index (χ4v) is 1.05. The second-order valence-corrected chi connectivity index (χ2v) is 2.44. The highest BCUT2D eigenvalue weighted by Gasteiger charge is 2.12. The Bertz CT molecular complexity index is 112. The summed E-state index contributed by atoms with van der Waals surface area (Å²) in [5, 5.41) is 0. The third-order valence-corrected chi connectivity index (χ3v) is 1.81. The topological polar surface area (TPSA) is 23.6 Å². The third kappa shape index (κ3) is 1.74. The van der Waals surface area contributed by atoms with E-state index in [9.17, 15) is 4.79 Å². The van der Waals surface area contributed by atoms with Gasteiger partial charge in [-0.2, -0.15) is 0 Å². The van der Waals surface area contributed by atoms with Gasteiger partial charge in [0.05, 0.1) is 7.85 Å². The Balaban J connectivity index is 2.23. The molecular formula is C6H11BN2O. The molecule has 0 aromatic rings. The molecule has 4 heteroatoms. The number of nitrogens with zero attached hydrogens (tertiary/aromatic N) is 2. The molecule has 54 valence electrons. The molecule has 0 N–H and O–H groups in total. The molecule has 0 bridgehead atoms. The van der Waals surface area contributed by atoms with Crippen LogP contribution < -0.4 is 0 Å². The van der Waals surface area contributed by atoms with Gasteiger partial charge in [0.2, 0.25) is 6.41 Å². The molecule has 0 atom stereocenters. The van der Waals surface area contributed by atoms with Gasteiger partial charge in [0.15, 0.2) is 0 Å². The number of hydrogen-bond acceptors (Lipinski definition) is 2. The zero-order valence-corrected chi connectivity index (χ0v) is 5.99. The number of carbonyl (C=O) groups is 1. The first-order valence-electron chi connectivity index (χ1n) is 3.48. The maximum Gasteiger partial charge on any atom is 0.209 e. The van der Waals surface area contributed by atoms with E-state index < -0.39 is 0 Å². The SMILES string of the molecule is [B]CN1CCN(C=O)CC1.